The minimum absolute atomic E-state index is 0.0676. The van der Waals surface area contributed by atoms with E-state index in [9.17, 15) is 9.59 Å². The highest BCUT2D eigenvalue weighted by molar-refractivity contribution is 5.81. The molecule has 0 bridgehead atoms. The molecule has 0 spiro atoms. The van der Waals surface area contributed by atoms with Crippen molar-refractivity contribution in [3.8, 4) is 0 Å². The van der Waals surface area contributed by atoms with Crippen LogP contribution in [-0.2, 0) is 29.0 Å². The molecule has 2 aliphatic rings. The quantitative estimate of drug-likeness (QED) is 0.847. The maximum Gasteiger partial charge on any atom is 0.223 e. The van der Waals surface area contributed by atoms with Crippen LogP contribution in [-0.4, -0.2) is 38.0 Å². The van der Waals surface area contributed by atoms with Gasteiger partial charge in [-0.25, -0.2) is 0 Å². The number of fused-ring (bicyclic) bond motifs is 2. The highest BCUT2D eigenvalue weighted by Gasteiger charge is 2.28. The number of aryl methyl sites for hydroxylation is 1. The molecular formula is C22H27N5O2. The van der Waals surface area contributed by atoms with E-state index in [-0.39, 0.29) is 24.3 Å². The van der Waals surface area contributed by atoms with Crippen molar-refractivity contribution in [2.45, 2.75) is 58.0 Å². The van der Waals surface area contributed by atoms with Crippen LogP contribution in [0.4, 0.5) is 0 Å². The zero-order valence-electron chi connectivity index (χ0n) is 16.8. The number of aromatic nitrogens is 3. The highest BCUT2D eigenvalue weighted by Crippen LogP contribution is 2.32. The van der Waals surface area contributed by atoms with Crippen LogP contribution in [0.3, 0.4) is 0 Å². The molecule has 2 amide bonds. The molecule has 1 N–H and O–H groups in total. The van der Waals surface area contributed by atoms with Gasteiger partial charge in [0.25, 0.3) is 0 Å². The topological polar surface area (TPSA) is 80.1 Å². The lowest BCUT2D eigenvalue weighted by Gasteiger charge is -2.32. The van der Waals surface area contributed by atoms with Gasteiger partial charge < -0.3 is 14.8 Å². The van der Waals surface area contributed by atoms with E-state index in [4.69, 9.17) is 0 Å². The number of nitrogens with zero attached hydrogens (tertiary/aromatic N) is 4. The Morgan fingerprint density at radius 2 is 2.03 bits per heavy atom. The summed E-state index contributed by atoms with van der Waals surface area (Å²) >= 11 is 0. The predicted molar refractivity (Wildman–Crippen MR) is 110 cm³/mol. The Hall–Kier alpha value is -2.96. The standard InChI is InChI=1S/C22H27N5O2/c1-16(28)26-14-11-17-7-4-5-8-18(17)19(26)15-22(29)23-12-10-21-25-24-20-9-3-2-6-13-27(20)21/h4-5,7-8,11,14,19H,2-3,6,9-10,12-13,15H2,1H3,(H,23,29). The molecule has 1 aromatic heterocycles. The van der Waals surface area contributed by atoms with E-state index in [0.717, 1.165) is 42.2 Å². The molecule has 4 rings (SSSR count). The van der Waals surface area contributed by atoms with Gasteiger partial charge in [0, 0.05) is 39.1 Å². The van der Waals surface area contributed by atoms with Crippen LogP contribution in [0.1, 0.15) is 61.4 Å². The summed E-state index contributed by atoms with van der Waals surface area (Å²) in [6.45, 7) is 3.01. The average molecular weight is 393 g/mol. The Labute approximate surface area is 170 Å². The lowest BCUT2D eigenvalue weighted by atomic mass is 9.93. The molecule has 0 saturated carbocycles. The Morgan fingerprint density at radius 1 is 1.17 bits per heavy atom. The fourth-order valence-electron chi connectivity index (χ4n) is 4.20. The molecule has 1 unspecified atom stereocenters. The fourth-order valence-corrected chi connectivity index (χ4v) is 4.20. The second kappa shape index (κ2) is 8.59. The SMILES string of the molecule is CC(=O)N1C=Cc2ccccc2C1CC(=O)NCCc1nnc2n1CCCCC2. The van der Waals surface area contributed by atoms with Gasteiger partial charge in [0.2, 0.25) is 11.8 Å². The van der Waals surface area contributed by atoms with Gasteiger partial charge in [0.15, 0.2) is 0 Å². The van der Waals surface area contributed by atoms with Gasteiger partial charge in [-0.2, -0.15) is 0 Å². The number of nitrogens with one attached hydrogen (secondary N) is 1. The lowest BCUT2D eigenvalue weighted by molar-refractivity contribution is -0.129. The zero-order chi connectivity index (χ0) is 20.2. The van der Waals surface area contributed by atoms with E-state index < -0.39 is 0 Å². The molecule has 0 fully saturated rings. The molecule has 2 aromatic rings. The normalized spacial score (nSPS) is 18.0. The predicted octanol–water partition coefficient (Wildman–Crippen LogP) is 2.63. The zero-order valence-corrected chi connectivity index (χ0v) is 16.8. The molecule has 2 aliphatic heterocycles. The van der Waals surface area contributed by atoms with Crippen LogP contribution in [0.25, 0.3) is 6.08 Å². The summed E-state index contributed by atoms with van der Waals surface area (Å²) in [7, 11) is 0. The van der Waals surface area contributed by atoms with E-state index in [1.807, 2.05) is 30.3 Å². The van der Waals surface area contributed by atoms with Gasteiger partial charge in [-0.15, -0.1) is 10.2 Å². The molecule has 1 aromatic carbocycles. The minimum atomic E-state index is -0.280. The van der Waals surface area contributed by atoms with E-state index in [1.165, 1.54) is 19.8 Å². The van der Waals surface area contributed by atoms with Gasteiger partial charge in [0.05, 0.1) is 12.5 Å². The second-order valence-electron chi connectivity index (χ2n) is 7.69. The van der Waals surface area contributed by atoms with Crippen LogP contribution in [0.5, 0.6) is 0 Å². The van der Waals surface area contributed by atoms with Crippen molar-refractivity contribution in [3.05, 3.63) is 53.2 Å². The number of carbonyl (C=O) groups is 2. The Bertz CT molecular complexity index is 933. The van der Waals surface area contributed by atoms with Gasteiger partial charge in [-0.1, -0.05) is 30.7 Å². The summed E-state index contributed by atoms with van der Waals surface area (Å²) in [6, 6.07) is 7.62. The molecular weight excluding hydrogens is 366 g/mol. The molecule has 29 heavy (non-hydrogen) atoms. The van der Waals surface area contributed by atoms with Crippen molar-refractivity contribution in [2.75, 3.05) is 6.54 Å². The Kier molecular flexibility index (Phi) is 5.74. The molecule has 0 radical (unpaired) electrons. The Morgan fingerprint density at radius 3 is 2.90 bits per heavy atom. The summed E-state index contributed by atoms with van der Waals surface area (Å²) in [5.41, 5.74) is 2.05. The monoisotopic (exact) mass is 393 g/mol. The van der Waals surface area contributed by atoms with Crippen molar-refractivity contribution >= 4 is 17.9 Å². The maximum atomic E-state index is 12.6. The Balaban J connectivity index is 1.37. The molecule has 0 aliphatic carbocycles. The smallest absolute Gasteiger partial charge is 0.223 e. The number of benzene rings is 1. The summed E-state index contributed by atoms with van der Waals surface area (Å²) in [4.78, 5) is 26.3. The van der Waals surface area contributed by atoms with Crippen LogP contribution in [0, 0.1) is 0 Å². The molecule has 7 heteroatoms. The number of hydrogen-bond donors (Lipinski definition) is 1. The summed E-state index contributed by atoms with van der Waals surface area (Å²) < 4.78 is 2.21. The van der Waals surface area contributed by atoms with Crippen LogP contribution >= 0.6 is 0 Å². The molecule has 7 nitrogen and oxygen atoms in total. The number of rotatable bonds is 5. The summed E-state index contributed by atoms with van der Waals surface area (Å²) in [5.74, 6) is 1.87. The van der Waals surface area contributed by atoms with Crippen molar-refractivity contribution < 1.29 is 9.59 Å². The first-order valence-electron chi connectivity index (χ1n) is 10.4. The third-order valence-electron chi connectivity index (χ3n) is 5.70. The van der Waals surface area contributed by atoms with Crippen LogP contribution in [0.2, 0.25) is 0 Å². The van der Waals surface area contributed by atoms with Crippen molar-refractivity contribution in [3.63, 3.8) is 0 Å². The van der Waals surface area contributed by atoms with Gasteiger partial charge in [-0.05, 0) is 30.0 Å². The van der Waals surface area contributed by atoms with Crippen molar-refractivity contribution in [2.24, 2.45) is 0 Å². The maximum absolute atomic E-state index is 12.6. The minimum Gasteiger partial charge on any atom is -0.356 e. The van der Waals surface area contributed by atoms with E-state index >= 15 is 0 Å². The lowest BCUT2D eigenvalue weighted by Crippen LogP contribution is -2.35. The molecule has 0 saturated heterocycles. The van der Waals surface area contributed by atoms with E-state index in [0.29, 0.717) is 13.0 Å². The number of hydrogen-bond acceptors (Lipinski definition) is 4. The highest BCUT2D eigenvalue weighted by atomic mass is 16.2. The van der Waals surface area contributed by atoms with Gasteiger partial charge >= 0.3 is 0 Å². The third-order valence-corrected chi connectivity index (χ3v) is 5.70. The first-order valence-corrected chi connectivity index (χ1v) is 10.4. The summed E-state index contributed by atoms with van der Waals surface area (Å²) in [6.07, 6.45) is 9.11. The van der Waals surface area contributed by atoms with E-state index in [1.54, 1.807) is 11.1 Å². The van der Waals surface area contributed by atoms with E-state index in [2.05, 4.69) is 20.1 Å². The first-order chi connectivity index (χ1) is 14.1. The molecule has 152 valence electrons. The largest absolute Gasteiger partial charge is 0.356 e. The van der Waals surface area contributed by atoms with Crippen molar-refractivity contribution in [1.82, 2.24) is 25.0 Å². The fraction of sp³-hybridized carbons (Fsp3) is 0.455. The van der Waals surface area contributed by atoms with Crippen molar-refractivity contribution in [1.29, 1.82) is 0 Å². The molecule has 1 atom stereocenters. The second-order valence-corrected chi connectivity index (χ2v) is 7.69. The number of carbonyl (C=O) groups excluding carboxylic acids is 2. The third kappa shape index (κ3) is 4.23. The van der Waals surface area contributed by atoms with Crippen LogP contribution < -0.4 is 5.32 Å². The number of amides is 2. The average Bonchev–Trinajstić information content (AvgIpc) is 2.94. The van der Waals surface area contributed by atoms with Gasteiger partial charge in [0.1, 0.15) is 11.6 Å². The van der Waals surface area contributed by atoms with Crippen LogP contribution in [0.15, 0.2) is 30.5 Å². The van der Waals surface area contributed by atoms with Gasteiger partial charge in [-0.3, -0.25) is 9.59 Å². The summed E-state index contributed by atoms with van der Waals surface area (Å²) in [5, 5.41) is 11.6. The first kappa shape index (κ1) is 19.4. The molecule has 3 heterocycles.